The van der Waals surface area contributed by atoms with Gasteiger partial charge in [0.05, 0.1) is 33.3 Å². The third kappa shape index (κ3) is 2.89. The van der Waals surface area contributed by atoms with Crippen LogP contribution in [0.4, 0.5) is 5.69 Å². The summed E-state index contributed by atoms with van der Waals surface area (Å²) in [7, 11) is 0. The van der Waals surface area contributed by atoms with E-state index in [0.29, 0.717) is 22.2 Å². The third-order valence-electron chi connectivity index (χ3n) is 5.04. The van der Waals surface area contributed by atoms with Crippen LogP contribution in [0.5, 0.6) is 0 Å². The molecule has 1 N–H and O–H groups in total. The fraction of sp³-hybridized carbons (Fsp3) is 0. The highest BCUT2D eigenvalue weighted by atomic mass is 16.4. The lowest BCUT2D eigenvalue weighted by Crippen LogP contribution is -2.29. The first-order valence-electron chi connectivity index (χ1n) is 9.20. The number of carboxylic acid groups (broad SMARTS) is 1. The normalized spacial score (nSPS) is 13.0. The van der Waals surface area contributed by atoms with Crippen molar-refractivity contribution in [2.75, 3.05) is 4.90 Å². The monoisotopic (exact) mass is 412 g/mol. The summed E-state index contributed by atoms with van der Waals surface area (Å²) in [4.78, 5) is 54.2. The Morgan fingerprint density at radius 3 is 2.32 bits per heavy atom. The standard InChI is InChI=1S/C23H12N2O6/c26-20-15-10-7-13(22(28)29)11-17(15)21(27)25(20)14-8-5-12(6-9-14)19-24-18-4-2-1-3-16(18)23(30)31-19/h1-11H,(H,28,29). The molecule has 2 amide bonds. The molecule has 0 spiro atoms. The highest BCUT2D eigenvalue weighted by Gasteiger charge is 2.37. The molecule has 31 heavy (non-hydrogen) atoms. The molecule has 5 rings (SSSR count). The van der Waals surface area contributed by atoms with E-state index in [9.17, 15) is 19.2 Å². The molecule has 2 heterocycles. The first kappa shape index (κ1) is 18.4. The predicted molar refractivity (Wildman–Crippen MR) is 110 cm³/mol. The number of nitrogens with zero attached hydrogens (tertiary/aromatic N) is 2. The zero-order valence-electron chi connectivity index (χ0n) is 15.7. The largest absolute Gasteiger partial charge is 0.478 e. The van der Waals surface area contributed by atoms with Gasteiger partial charge in [0, 0.05) is 5.56 Å². The third-order valence-corrected chi connectivity index (χ3v) is 5.04. The number of para-hydroxylation sites is 1. The van der Waals surface area contributed by atoms with Crippen LogP contribution in [-0.2, 0) is 0 Å². The maximum absolute atomic E-state index is 12.8. The van der Waals surface area contributed by atoms with Crippen molar-refractivity contribution in [1.29, 1.82) is 0 Å². The number of carbonyl (C=O) groups excluding carboxylic acids is 2. The molecule has 0 radical (unpaired) electrons. The lowest BCUT2D eigenvalue weighted by atomic mass is 10.1. The van der Waals surface area contributed by atoms with E-state index in [-0.39, 0.29) is 22.6 Å². The molecule has 1 aliphatic rings. The molecule has 0 saturated carbocycles. The molecule has 8 heteroatoms. The molecule has 0 aliphatic carbocycles. The molecule has 150 valence electrons. The Balaban J connectivity index is 1.51. The van der Waals surface area contributed by atoms with Crippen LogP contribution in [0.25, 0.3) is 22.4 Å². The lowest BCUT2D eigenvalue weighted by molar-refractivity contribution is 0.0696. The van der Waals surface area contributed by atoms with Crippen molar-refractivity contribution < 1.29 is 23.9 Å². The number of carboxylic acids is 1. The number of hydrogen-bond donors (Lipinski definition) is 1. The molecule has 3 aromatic carbocycles. The summed E-state index contributed by atoms with van der Waals surface area (Å²) >= 11 is 0. The van der Waals surface area contributed by atoms with Crippen LogP contribution in [-0.4, -0.2) is 27.9 Å². The summed E-state index contributed by atoms with van der Waals surface area (Å²) < 4.78 is 5.30. The van der Waals surface area contributed by atoms with Crippen molar-refractivity contribution in [1.82, 2.24) is 4.98 Å². The maximum atomic E-state index is 12.8. The zero-order valence-corrected chi connectivity index (χ0v) is 15.7. The van der Waals surface area contributed by atoms with Crippen molar-refractivity contribution in [3.63, 3.8) is 0 Å². The second kappa shape index (κ2) is 6.74. The van der Waals surface area contributed by atoms with E-state index in [2.05, 4.69) is 4.98 Å². The van der Waals surface area contributed by atoms with E-state index < -0.39 is 23.4 Å². The average Bonchev–Trinajstić information content (AvgIpc) is 3.03. The summed E-state index contributed by atoms with van der Waals surface area (Å²) in [5.41, 5.74) is 0.880. The number of anilines is 1. The molecule has 0 bridgehead atoms. The smallest absolute Gasteiger partial charge is 0.347 e. The van der Waals surface area contributed by atoms with Crippen molar-refractivity contribution in [2.45, 2.75) is 0 Å². The van der Waals surface area contributed by atoms with Gasteiger partial charge in [-0.1, -0.05) is 12.1 Å². The summed E-state index contributed by atoms with van der Waals surface area (Å²) in [6, 6.07) is 16.9. The van der Waals surface area contributed by atoms with Gasteiger partial charge in [-0.05, 0) is 54.6 Å². The van der Waals surface area contributed by atoms with Crippen LogP contribution >= 0.6 is 0 Å². The number of benzene rings is 3. The quantitative estimate of drug-likeness (QED) is 0.513. The maximum Gasteiger partial charge on any atom is 0.347 e. The molecular formula is C23H12N2O6. The molecular weight excluding hydrogens is 400 g/mol. The number of aromatic nitrogens is 1. The first-order valence-corrected chi connectivity index (χ1v) is 9.20. The molecule has 0 saturated heterocycles. The Morgan fingerprint density at radius 1 is 0.871 bits per heavy atom. The summed E-state index contributed by atoms with van der Waals surface area (Å²) in [5, 5.41) is 9.50. The first-order chi connectivity index (χ1) is 14.9. The van der Waals surface area contributed by atoms with E-state index in [1.54, 1.807) is 36.4 Å². The van der Waals surface area contributed by atoms with Gasteiger partial charge in [0.2, 0.25) is 5.89 Å². The van der Waals surface area contributed by atoms with Gasteiger partial charge in [-0.15, -0.1) is 0 Å². The van der Waals surface area contributed by atoms with E-state index in [4.69, 9.17) is 9.52 Å². The minimum absolute atomic E-state index is 0.0381. The second-order valence-corrected chi connectivity index (χ2v) is 6.88. The van der Waals surface area contributed by atoms with Crippen molar-refractivity contribution in [3.8, 4) is 11.5 Å². The van der Waals surface area contributed by atoms with E-state index in [1.807, 2.05) is 0 Å². The number of amides is 2. The highest BCUT2D eigenvalue weighted by molar-refractivity contribution is 6.34. The minimum Gasteiger partial charge on any atom is -0.478 e. The predicted octanol–water partition coefficient (Wildman–Crippen LogP) is 3.35. The molecule has 0 fully saturated rings. The number of carbonyl (C=O) groups is 3. The van der Waals surface area contributed by atoms with Crippen molar-refractivity contribution in [2.24, 2.45) is 0 Å². The number of imide groups is 1. The minimum atomic E-state index is -1.18. The molecule has 4 aromatic rings. The van der Waals surface area contributed by atoms with Crippen LogP contribution < -0.4 is 10.5 Å². The van der Waals surface area contributed by atoms with Gasteiger partial charge >= 0.3 is 11.6 Å². The lowest BCUT2D eigenvalue weighted by Gasteiger charge is -2.14. The molecule has 0 atom stereocenters. The Bertz CT molecular complexity index is 1470. The van der Waals surface area contributed by atoms with Gasteiger partial charge in [-0.2, -0.15) is 0 Å². The molecule has 8 nitrogen and oxygen atoms in total. The number of rotatable bonds is 3. The fourth-order valence-electron chi connectivity index (χ4n) is 3.50. The fourth-order valence-corrected chi connectivity index (χ4v) is 3.50. The van der Waals surface area contributed by atoms with Crippen molar-refractivity contribution in [3.05, 3.63) is 93.8 Å². The Morgan fingerprint density at radius 2 is 1.58 bits per heavy atom. The van der Waals surface area contributed by atoms with Gasteiger partial charge in [-0.3, -0.25) is 9.59 Å². The van der Waals surface area contributed by atoms with Gasteiger partial charge in [0.25, 0.3) is 11.8 Å². The topological polar surface area (TPSA) is 118 Å². The number of fused-ring (bicyclic) bond motifs is 2. The summed E-state index contributed by atoms with van der Waals surface area (Å²) in [6.07, 6.45) is 0. The Labute approximate surface area is 174 Å². The van der Waals surface area contributed by atoms with Crippen molar-refractivity contribution >= 4 is 34.4 Å². The van der Waals surface area contributed by atoms with E-state index in [0.717, 1.165) is 4.90 Å². The highest BCUT2D eigenvalue weighted by Crippen LogP contribution is 2.30. The van der Waals surface area contributed by atoms with Crippen LogP contribution in [0.15, 0.2) is 75.9 Å². The second-order valence-electron chi connectivity index (χ2n) is 6.88. The van der Waals surface area contributed by atoms with E-state index in [1.165, 1.54) is 30.3 Å². The van der Waals surface area contributed by atoms with Crippen LogP contribution in [0.1, 0.15) is 31.1 Å². The van der Waals surface area contributed by atoms with Crippen LogP contribution in [0, 0.1) is 0 Å². The number of hydrogen-bond acceptors (Lipinski definition) is 6. The molecule has 0 unspecified atom stereocenters. The van der Waals surface area contributed by atoms with Crippen LogP contribution in [0.3, 0.4) is 0 Å². The molecule has 1 aliphatic heterocycles. The summed E-state index contributed by atoms with van der Waals surface area (Å²) in [5.74, 6) is -2.22. The van der Waals surface area contributed by atoms with Gasteiger partial charge in [-0.25, -0.2) is 19.5 Å². The van der Waals surface area contributed by atoms with Crippen LogP contribution in [0.2, 0.25) is 0 Å². The summed E-state index contributed by atoms with van der Waals surface area (Å²) in [6.45, 7) is 0. The Kier molecular flexibility index (Phi) is 4.01. The Hall–Kier alpha value is -4.59. The van der Waals surface area contributed by atoms with Gasteiger partial charge in [0.15, 0.2) is 0 Å². The SMILES string of the molecule is O=C(O)c1ccc2c(c1)C(=O)N(c1ccc(-c3nc4ccccc4c(=O)o3)cc1)C2=O. The number of aromatic carboxylic acids is 1. The van der Waals surface area contributed by atoms with Gasteiger partial charge < -0.3 is 9.52 Å². The van der Waals surface area contributed by atoms with Gasteiger partial charge in [0.1, 0.15) is 0 Å². The molecule has 1 aromatic heterocycles. The average molecular weight is 412 g/mol. The van der Waals surface area contributed by atoms with E-state index >= 15 is 0 Å². The zero-order chi connectivity index (χ0) is 21.7.